The highest BCUT2D eigenvalue weighted by atomic mass is 16.4. The van der Waals surface area contributed by atoms with Crippen molar-refractivity contribution in [1.82, 2.24) is 0 Å². The van der Waals surface area contributed by atoms with Crippen LogP contribution in [0.25, 0.3) is 22.3 Å². The Morgan fingerprint density at radius 2 is 1.55 bits per heavy atom. The molecule has 38 heavy (non-hydrogen) atoms. The summed E-state index contributed by atoms with van der Waals surface area (Å²) in [6.07, 6.45) is 5.68. The van der Waals surface area contributed by atoms with Crippen LogP contribution >= 0.6 is 0 Å². The van der Waals surface area contributed by atoms with Gasteiger partial charge in [0.1, 0.15) is 11.3 Å². The first-order valence-electron chi connectivity index (χ1n) is 11.4. The maximum atomic E-state index is 12.1. The number of carbonyl (C=O) groups excluding carboxylic acids is 2. The summed E-state index contributed by atoms with van der Waals surface area (Å²) in [5.41, 5.74) is 1.10. The van der Waals surface area contributed by atoms with Crippen molar-refractivity contribution >= 4 is 22.5 Å². The van der Waals surface area contributed by atoms with Crippen LogP contribution in [0.3, 0.4) is 0 Å². The maximum absolute atomic E-state index is 12.1. The third-order valence-electron chi connectivity index (χ3n) is 5.80. The third kappa shape index (κ3) is 5.24. The number of hydrogen-bond acceptors (Lipinski definition) is 8. The molecule has 4 N–H and O–H groups in total. The summed E-state index contributed by atoms with van der Waals surface area (Å²) < 4.78 is 5.43. The second-order valence-corrected chi connectivity index (χ2v) is 8.32. The van der Waals surface area contributed by atoms with Gasteiger partial charge in [-0.05, 0) is 54.1 Å². The number of aromatic hydroxyl groups is 4. The van der Waals surface area contributed by atoms with Crippen LogP contribution in [0.5, 0.6) is 23.0 Å². The van der Waals surface area contributed by atoms with Crippen LogP contribution < -0.4 is 5.43 Å². The Kier molecular flexibility index (Phi) is 7.25. The minimum Gasteiger partial charge on any atom is -0.508 e. The molecule has 8 nitrogen and oxygen atoms in total. The van der Waals surface area contributed by atoms with Gasteiger partial charge in [0, 0.05) is 23.1 Å². The number of phenols is 3. The minimum absolute atomic E-state index is 0.0872. The van der Waals surface area contributed by atoms with Gasteiger partial charge in [0.25, 0.3) is 0 Å². The Hall–Kier alpha value is -5.37. The van der Waals surface area contributed by atoms with Crippen molar-refractivity contribution in [2.75, 3.05) is 0 Å². The minimum atomic E-state index is -0.654. The lowest BCUT2D eigenvalue weighted by Gasteiger charge is -2.16. The molecule has 1 atom stereocenters. The summed E-state index contributed by atoms with van der Waals surface area (Å²) in [6, 6.07) is 17.2. The van der Waals surface area contributed by atoms with Gasteiger partial charge in [-0.3, -0.25) is 14.4 Å². The lowest BCUT2D eigenvalue weighted by atomic mass is 9.86. The van der Waals surface area contributed by atoms with E-state index in [2.05, 4.69) is 6.58 Å². The number of benzene rings is 3. The zero-order chi connectivity index (χ0) is 27.4. The molecule has 0 amide bonds. The second kappa shape index (κ2) is 10.7. The van der Waals surface area contributed by atoms with E-state index in [0.717, 1.165) is 11.6 Å². The normalized spacial score (nSPS) is 13.4. The number of hydrogen-bond donors (Lipinski definition) is 4. The van der Waals surface area contributed by atoms with Gasteiger partial charge in [0.2, 0.25) is 11.2 Å². The molecular weight excluding hydrogens is 488 g/mol. The molecule has 3 aromatic carbocycles. The molecule has 1 aliphatic rings. The van der Waals surface area contributed by atoms with Crippen molar-refractivity contribution in [3.63, 3.8) is 0 Å². The molecule has 5 rings (SSSR count). The van der Waals surface area contributed by atoms with Crippen LogP contribution in [0.1, 0.15) is 11.5 Å². The molecule has 1 aliphatic carbocycles. The van der Waals surface area contributed by atoms with E-state index in [0.29, 0.717) is 5.57 Å². The van der Waals surface area contributed by atoms with E-state index in [1.54, 1.807) is 6.08 Å². The highest BCUT2D eigenvalue weighted by Gasteiger charge is 2.21. The quantitative estimate of drug-likeness (QED) is 0.173. The van der Waals surface area contributed by atoms with Crippen molar-refractivity contribution < 1.29 is 34.4 Å². The molecule has 0 bridgehead atoms. The molecule has 4 aromatic rings. The molecule has 0 saturated carbocycles. The van der Waals surface area contributed by atoms with Crippen LogP contribution in [0.15, 0.2) is 112 Å². The predicted octanol–water partition coefficient (Wildman–Crippen LogP) is 4.87. The monoisotopic (exact) mass is 510 g/mol. The van der Waals surface area contributed by atoms with Crippen LogP contribution in [0, 0.1) is 0 Å². The predicted molar refractivity (Wildman–Crippen MR) is 141 cm³/mol. The lowest BCUT2D eigenvalue weighted by molar-refractivity contribution is -0.114. The number of rotatable bonds is 4. The van der Waals surface area contributed by atoms with E-state index in [9.17, 15) is 34.8 Å². The standard InChI is InChI=1S/C15H10O6.C15H12O2/c16-8-2-3-9-12(6-8)21-15(14(20)13(9)19)7-1-4-10(17)11(18)5-7;1-2-13(11-6-4-3-5-7-11)14-10-12(16)8-9-15(14)17/h1-6,16-18,20H;2-10,13H,1H2. The molecule has 8 heteroatoms. The molecule has 190 valence electrons. The van der Waals surface area contributed by atoms with E-state index in [1.165, 1.54) is 48.6 Å². The number of allylic oxidation sites excluding steroid dienone is 5. The zero-order valence-electron chi connectivity index (χ0n) is 19.9. The Labute approximate surface area is 216 Å². The van der Waals surface area contributed by atoms with Gasteiger partial charge in [-0.1, -0.05) is 36.4 Å². The fraction of sp³-hybridized carbons (Fsp3) is 0.0333. The van der Waals surface area contributed by atoms with Crippen molar-refractivity contribution in [3.05, 3.63) is 119 Å². The van der Waals surface area contributed by atoms with Crippen molar-refractivity contribution in [1.29, 1.82) is 0 Å². The van der Waals surface area contributed by atoms with Crippen LogP contribution in [-0.4, -0.2) is 32.0 Å². The maximum Gasteiger partial charge on any atom is 0.235 e. The Morgan fingerprint density at radius 3 is 2.24 bits per heavy atom. The average molecular weight is 510 g/mol. The third-order valence-corrected chi connectivity index (χ3v) is 5.80. The van der Waals surface area contributed by atoms with E-state index in [-0.39, 0.29) is 51.3 Å². The second-order valence-electron chi connectivity index (χ2n) is 8.32. The molecule has 0 aliphatic heterocycles. The molecule has 1 unspecified atom stereocenters. The van der Waals surface area contributed by atoms with Gasteiger partial charge in [0.15, 0.2) is 28.8 Å². The topological polar surface area (TPSA) is 145 Å². The molecule has 0 radical (unpaired) electrons. The van der Waals surface area contributed by atoms with E-state index in [4.69, 9.17) is 4.42 Å². The van der Waals surface area contributed by atoms with Crippen molar-refractivity contribution in [2.45, 2.75) is 5.92 Å². The molecule has 1 heterocycles. The number of fused-ring (bicyclic) bond motifs is 1. The first-order chi connectivity index (χ1) is 18.2. The summed E-state index contributed by atoms with van der Waals surface area (Å²) >= 11 is 0. The van der Waals surface area contributed by atoms with Crippen LogP contribution in [0.4, 0.5) is 0 Å². The van der Waals surface area contributed by atoms with Gasteiger partial charge < -0.3 is 24.8 Å². The summed E-state index contributed by atoms with van der Waals surface area (Å²) in [7, 11) is 0. The molecular formula is C30H22O8. The summed E-state index contributed by atoms with van der Waals surface area (Å²) in [5, 5.41) is 38.3. The van der Waals surface area contributed by atoms with E-state index < -0.39 is 16.9 Å². The van der Waals surface area contributed by atoms with Gasteiger partial charge in [-0.15, -0.1) is 6.58 Å². The molecule has 0 saturated heterocycles. The fourth-order valence-corrected chi connectivity index (χ4v) is 3.90. The van der Waals surface area contributed by atoms with Gasteiger partial charge in [0.05, 0.1) is 5.39 Å². The van der Waals surface area contributed by atoms with Gasteiger partial charge in [-0.25, -0.2) is 0 Å². The largest absolute Gasteiger partial charge is 0.508 e. The summed E-state index contributed by atoms with van der Waals surface area (Å²) in [4.78, 5) is 35.2. The van der Waals surface area contributed by atoms with E-state index in [1.807, 2.05) is 30.3 Å². The molecule has 0 fully saturated rings. The highest BCUT2D eigenvalue weighted by molar-refractivity contribution is 6.18. The highest BCUT2D eigenvalue weighted by Crippen LogP contribution is 2.35. The molecule has 0 spiro atoms. The smallest absolute Gasteiger partial charge is 0.235 e. The van der Waals surface area contributed by atoms with E-state index >= 15 is 0 Å². The number of ketones is 2. The summed E-state index contributed by atoms with van der Waals surface area (Å²) in [5.74, 6) is -2.11. The number of phenolic OH excluding ortho intramolecular Hbond substituents is 3. The molecule has 1 aromatic heterocycles. The zero-order valence-corrected chi connectivity index (χ0v) is 19.9. The first-order valence-corrected chi connectivity index (χ1v) is 11.4. The number of carbonyl (C=O) groups is 2. The Balaban J connectivity index is 0.000000181. The van der Waals surface area contributed by atoms with Gasteiger partial charge in [-0.2, -0.15) is 0 Å². The van der Waals surface area contributed by atoms with Crippen LogP contribution in [0.2, 0.25) is 0 Å². The summed E-state index contributed by atoms with van der Waals surface area (Å²) in [6.45, 7) is 3.74. The first kappa shape index (κ1) is 25.7. The average Bonchev–Trinajstić information content (AvgIpc) is 2.91. The van der Waals surface area contributed by atoms with Crippen molar-refractivity contribution in [3.8, 4) is 34.3 Å². The van der Waals surface area contributed by atoms with Crippen LogP contribution in [-0.2, 0) is 9.59 Å². The SMILES string of the molecule is C=CC(C1=CC(=O)C=CC1=O)c1ccccc1.O=c1c(O)c(-c2ccc(O)c(O)c2)oc2cc(O)ccc12. The fourth-order valence-electron chi connectivity index (χ4n) is 3.90. The van der Waals surface area contributed by atoms with Gasteiger partial charge >= 0.3 is 0 Å². The Morgan fingerprint density at radius 1 is 0.816 bits per heavy atom. The van der Waals surface area contributed by atoms with Crippen molar-refractivity contribution in [2.24, 2.45) is 0 Å². The lowest BCUT2D eigenvalue weighted by Crippen LogP contribution is -2.13. The Bertz CT molecular complexity index is 1680.